The van der Waals surface area contributed by atoms with Crippen molar-refractivity contribution in [3.63, 3.8) is 0 Å². The summed E-state index contributed by atoms with van der Waals surface area (Å²) in [5.41, 5.74) is 3.34. The summed E-state index contributed by atoms with van der Waals surface area (Å²) in [7, 11) is -2.29. The minimum atomic E-state index is -2.29. The number of ether oxygens (including phenoxy) is 1. The number of carbonyl (C=O) groups excluding carboxylic acids is 4. The number of aliphatic hydroxyl groups excluding tert-OH is 1. The molecule has 54 heavy (non-hydrogen) atoms. The maximum Gasteiger partial charge on any atom is 0.325 e. The van der Waals surface area contributed by atoms with Gasteiger partial charge in [0, 0.05) is 6.54 Å². The van der Waals surface area contributed by atoms with Gasteiger partial charge in [-0.05, 0) is 91.7 Å². The number of carbonyl (C=O) groups is 4. The second kappa shape index (κ2) is 18.5. The molecule has 4 N–H and O–H groups in total. The third-order valence-electron chi connectivity index (χ3n) is 10.2. The van der Waals surface area contributed by atoms with E-state index in [1.165, 1.54) is 5.01 Å². The summed E-state index contributed by atoms with van der Waals surface area (Å²) in [6.07, 6.45) is 3.99. The average molecular weight is 828 g/mol. The highest BCUT2D eigenvalue weighted by atomic mass is 35.6. The number of aliphatic hydroxyl groups is 1. The van der Waals surface area contributed by atoms with E-state index in [0.717, 1.165) is 21.9 Å². The van der Waals surface area contributed by atoms with Crippen LogP contribution < -0.4 is 16.1 Å². The summed E-state index contributed by atoms with van der Waals surface area (Å²) < 4.78 is 9.90. The van der Waals surface area contributed by atoms with Crippen molar-refractivity contribution in [1.29, 1.82) is 0 Å². The molecule has 0 aliphatic carbocycles. The van der Waals surface area contributed by atoms with Crippen molar-refractivity contribution in [1.82, 2.24) is 21.1 Å². The number of hydrogen-bond donors (Lipinski definition) is 4. The van der Waals surface area contributed by atoms with Gasteiger partial charge in [-0.1, -0.05) is 106 Å². The van der Waals surface area contributed by atoms with E-state index >= 15 is 0 Å². The molecule has 0 saturated carbocycles. The van der Waals surface area contributed by atoms with E-state index in [4.69, 9.17) is 44.0 Å². The highest BCUT2D eigenvalue weighted by molar-refractivity contribution is 6.74. The Labute approximate surface area is 335 Å². The number of benzene rings is 2. The van der Waals surface area contributed by atoms with Crippen LogP contribution in [-0.2, 0) is 28.3 Å². The van der Waals surface area contributed by atoms with Gasteiger partial charge in [0.25, 0.3) is 5.91 Å². The molecule has 2 aromatic rings. The van der Waals surface area contributed by atoms with Crippen LogP contribution in [0.25, 0.3) is 16.8 Å². The Morgan fingerprint density at radius 2 is 1.63 bits per heavy atom. The van der Waals surface area contributed by atoms with E-state index in [-0.39, 0.29) is 17.6 Å². The first kappa shape index (κ1) is 45.7. The van der Waals surface area contributed by atoms with E-state index in [0.29, 0.717) is 19.4 Å². The van der Waals surface area contributed by atoms with Crippen molar-refractivity contribution in [2.75, 3.05) is 19.8 Å². The predicted octanol–water partition coefficient (Wildman–Crippen LogP) is 6.99. The van der Waals surface area contributed by atoms with Crippen LogP contribution >= 0.6 is 34.8 Å². The summed E-state index contributed by atoms with van der Waals surface area (Å²) >= 11 is 17.1. The summed E-state index contributed by atoms with van der Waals surface area (Å²) in [5, 5.41) is 19.0. The molecule has 15 heteroatoms. The zero-order valence-electron chi connectivity index (χ0n) is 33.0. The number of esters is 1. The molecule has 300 valence electrons. The Balaban J connectivity index is 1.81. The molecule has 1 saturated heterocycles. The number of fused-ring (bicyclic) bond motifs is 1. The molecule has 3 amide bonds. The number of nitrogens with zero attached hydrogens (tertiary/aromatic N) is 1. The quantitative estimate of drug-likeness (QED) is 0.0907. The second-order valence-corrected chi connectivity index (χ2v) is 23.6. The van der Waals surface area contributed by atoms with E-state index < -0.39 is 72.1 Å². The van der Waals surface area contributed by atoms with Gasteiger partial charge in [0.15, 0.2) is 8.32 Å². The normalized spacial score (nSPS) is 18.6. The van der Waals surface area contributed by atoms with Crippen LogP contribution in [0.2, 0.25) is 18.1 Å². The van der Waals surface area contributed by atoms with Crippen molar-refractivity contribution in [2.45, 2.75) is 114 Å². The lowest BCUT2D eigenvalue weighted by molar-refractivity contribution is -0.152. The lowest BCUT2D eigenvalue weighted by atomic mass is 9.88. The molecule has 0 aromatic heterocycles. The van der Waals surface area contributed by atoms with E-state index in [2.05, 4.69) is 49.9 Å². The van der Waals surface area contributed by atoms with Crippen molar-refractivity contribution < 1.29 is 33.4 Å². The Kier molecular flexibility index (Phi) is 15.6. The minimum absolute atomic E-state index is 0.0821. The monoisotopic (exact) mass is 826 g/mol. The van der Waals surface area contributed by atoms with Crippen LogP contribution in [0.5, 0.6) is 0 Å². The van der Waals surface area contributed by atoms with Crippen LogP contribution in [0.4, 0.5) is 0 Å². The molecule has 0 unspecified atom stereocenters. The molecule has 1 fully saturated rings. The Morgan fingerprint density at radius 1 is 0.981 bits per heavy atom. The number of hydrazine groups is 1. The highest BCUT2D eigenvalue weighted by Crippen LogP contribution is 2.38. The van der Waals surface area contributed by atoms with Gasteiger partial charge in [-0.3, -0.25) is 24.2 Å². The first-order chi connectivity index (χ1) is 24.8. The molecule has 0 radical (unpaired) electrons. The first-order valence-electron chi connectivity index (χ1n) is 18.3. The topological polar surface area (TPSA) is 146 Å². The molecule has 0 spiro atoms. The van der Waals surface area contributed by atoms with Crippen molar-refractivity contribution in [3.8, 4) is 0 Å². The number of halogens is 3. The van der Waals surface area contributed by atoms with Gasteiger partial charge in [0.2, 0.25) is 15.6 Å². The number of rotatable bonds is 14. The van der Waals surface area contributed by atoms with Crippen LogP contribution in [0.15, 0.2) is 42.5 Å². The smallest absolute Gasteiger partial charge is 0.325 e. The van der Waals surface area contributed by atoms with E-state index in [1.807, 2.05) is 62.4 Å². The van der Waals surface area contributed by atoms with Gasteiger partial charge in [-0.15, -0.1) is 0 Å². The minimum Gasteiger partial charge on any atom is -0.460 e. The molecule has 3 rings (SSSR count). The summed E-state index contributed by atoms with van der Waals surface area (Å²) in [5.74, 6) is -2.41. The van der Waals surface area contributed by atoms with Gasteiger partial charge >= 0.3 is 5.97 Å². The third-order valence-corrected chi connectivity index (χ3v) is 15.0. The van der Waals surface area contributed by atoms with Gasteiger partial charge < -0.3 is 24.9 Å². The molecular weight excluding hydrogens is 771 g/mol. The van der Waals surface area contributed by atoms with Crippen molar-refractivity contribution in [3.05, 3.63) is 53.6 Å². The zero-order valence-corrected chi connectivity index (χ0v) is 36.3. The lowest BCUT2D eigenvalue weighted by Crippen LogP contribution is -2.61. The van der Waals surface area contributed by atoms with Crippen LogP contribution in [0, 0.1) is 11.3 Å². The summed E-state index contributed by atoms with van der Waals surface area (Å²) in [6.45, 7) is 19.2. The fraction of sp³-hybridized carbons (Fsp3) is 0.590. The molecule has 0 bridgehead atoms. The SMILES string of the molecule is CC(C)[C@H](NC(=O)[C@](C)(/C=C/c1ccc2ccc([C@@H](C)O)cc2c1)CO[Si](C)(C)C(C)(C)C)C(=O)N[C@@H](C)C(=O)N1CCC[C@@H](C(=O)OCC(Cl)(Cl)Cl)N1. The van der Waals surface area contributed by atoms with Crippen molar-refractivity contribution in [2.24, 2.45) is 11.3 Å². The van der Waals surface area contributed by atoms with Crippen LogP contribution in [0.3, 0.4) is 0 Å². The first-order valence-corrected chi connectivity index (χ1v) is 22.3. The molecule has 1 aliphatic rings. The van der Waals surface area contributed by atoms with Gasteiger partial charge in [-0.2, -0.15) is 0 Å². The van der Waals surface area contributed by atoms with Crippen LogP contribution in [0.1, 0.15) is 85.5 Å². The fourth-order valence-electron chi connectivity index (χ4n) is 5.47. The molecule has 5 atom stereocenters. The maximum atomic E-state index is 14.3. The fourth-order valence-corrected chi connectivity index (χ4v) is 6.73. The number of nitrogens with one attached hydrogen (secondary N) is 3. The van der Waals surface area contributed by atoms with Gasteiger partial charge in [0.1, 0.15) is 24.7 Å². The Morgan fingerprint density at radius 3 is 2.22 bits per heavy atom. The molecular formula is C39H57Cl3N4O7Si. The predicted molar refractivity (Wildman–Crippen MR) is 218 cm³/mol. The van der Waals surface area contributed by atoms with Crippen molar-refractivity contribution >= 4 is 83.7 Å². The van der Waals surface area contributed by atoms with Gasteiger partial charge in [0.05, 0.1) is 18.1 Å². The summed E-state index contributed by atoms with van der Waals surface area (Å²) in [4.78, 5) is 54.0. The van der Waals surface area contributed by atoms with E-state index in [1.54, 1.807) is 20.8 Å². The maximum absolute atomic E-state index is 14.3. The number of amides is 3. The Hall–Kier alpha value is -2.71. The Bertz CT molecular complexity index is 1690. The summed E-state index contributed by atoms with van der Waals surface area (Å²) in [6, 6.07) is 8.96. The number of alkyl halides is 3. The van der Waals surface area contributed by atoms with Crippen LogP contribution in [-0.4, -0.2) is 83.8 Å². The third kappa shape index (κ3) is 12.7. The average Bonchev–Trinajstić information content (AvgIpc) is 3.09. The standard InChI is InChI=1S/C39H57Cl3N4O7Si/c1-24(2)32(33(48)43-25(3)34(49)46-19-11-12-31(45-46)35(50)52-23-39(40,41)42)44-36(51)38(8,22-53-54(9,10)37(5,6)7)18-17-27-13-14-28-15-16-29(26(4)47)21-30(28)20-27/h13-18,20-21,24-26,31-32,45,47H,11-12,19,22-23H2,1-10H3,(H,43,48)(H,44,51)/b18-17+/t25-,26+,31-,32-,38+/m0/s1. The molecule has 1 aliphatic heterocycles. The van der Waals surface area contributed by atoms with Gasteiger partial charge in [-0.25, -0.2) is 5.43 Å². The highest BCUT2D eigenvalue weighted by Gasteiger charge is 2.42. The molecule has 1 heterocycles. The molecule has 2 aromatic carbocycles. The van der Waals surface area contributed by atoms with E-state index in [9.17, 15) is 24.3 Å². The number of hydrogen-bond acceptors (Lipinski definition) is 8. The zero-order chi connectivity index (χ0) is 40.8. The largest absolute Gasteiger partial charge is 0.460 e. The second-order valence-electron chi connectivity index (χ2n) is 16.3. The molecule has 11 nitrogen and oxygen atoms in total. The lowest BCUT2D eigenvalue weighted by Gasteiger charge is -2.39.